The van der Waals surface area contributed by atoms with E-state index >= 15 is 0 Å². The highest BCUT2D eigenvalue weighted by Crippen LogP contribution is 2.14. The predicted octanol–water partition coefficient (Wildman–Crippen LogP) is 2.08. The maximum atomic E-state index is 13.1. The van der Waals surface area contributed by atoms with Crippen molar-refractivity contribution in [2.75, 3.05) is 31.1 Å². The average Bonchev–Trinajstić information content (AvgIpc) is 2.48. The molecule has 1 saturated heterocycles. The van der Waals surface area contributed by atoms with E-state index in [2.05, 4.69) is 27.0 Å². The largest absolute Gasteiger partial charge is 0.338 e. The number of anilines is 1. The second-order valence-electron chi connectivity index (χ2n) is 5.06. The molecule has 0 aliphatic carbocycles. The molecule has 1 aromatic heterocycles. The van der Waals surface area contributed by atoms with Gasteiger partial charge in [0, 0.05) is 38.8 Å². The van der Waals surface area contributed by atoms with Crippen LogP contribution in [0.1, 0.15) is 5.56 Å². The number of hydrogen-bond donors (Lipinski definition) is 0. The SMILES string of the molecule is Fc1cc(F)nc(N2CCN(Cc3ccccc3)CC2)n1. The van der Waals surface area contributed by atoms with Crippen molar-refractivity contribution in [2.45, 2.75) is 6.54 Å². The highest BCUT2D eigenvalue weighted by Gasteiger charge is 2.20. The van der Waals surface area contributed by atoms with Crippen molar-refractivity contribution in [3.8, 4) is 0 Å². The fourth-order valence-corrected chi connectivity index (χ4v) is 2.47. The number of benzene rings is 1. The van der Waals surface area contributed by atoms with Gasteiger partial charge in [-0.3, -0.25) is 4.90 Å². The Hall–Kier alpha value is -2.08. The van der Waals surface area contributed by atoms with Crippen molar-refractivity contribution in [3.05, 3.63) is 53.9 Å². The van der Waals surface area contributed by atoms with E-state index < -0.39 is 11.9 Å². The molecule has 6 heteroatoms. The summed E-state index contributed by atoms with van der Waals surface area (Å²) < 4.78 is 26.2. The molecule has 0 N–H and O–H groups in total. The number of nitrogens with zero attached hydrogens (tertiary/aromatic N) is 4. The molecule has 0 amide bonds. The lowest BCUT2D eigenvalue weighted by atomic mass is 10.2. The third-order valence-electron chi connectivity index (χ3n) is 3.56. The van der Waals surface area contributed by atoms with Crippen molar-refractivity contribution in [1.29, 1.82) is 0 Å². The summed E-state index contributed by atoms with van der Waals surface area (Å²) in [6.07, 6.45) is 0. The summed E-state index contributed by atoms with van der Waals surface area (Å²) >= 11 is 0. The van der Waals surface area contributed by atoms with Crippen LogP contribution in [0.5, 0.6) is 0 Å². The number of aromatic nitrogens is 2. The Morgan fingerprint density at radius 1 is 0.905 bits per heavy atom. The Morgan fingerprint density at radius 2 is 1.52 bits per heavy atom. The second kappa shape index (κ2) is 6.13. The van der Waals surface area contributed by atoms with Crippen LogP contribution in [0.4, 0.5) is 14.7 Å². The van der Waals surface area contributed by atoms with E-state index in [1.54, 1.807) is 0 Å². The van der Waals surface area contributed by atoms with E-state index in [9.17, 15) is 8.78 Å². The summed E-state index contributed by atoms with van der Waals surface area (Å²) in [7, 11) is 0. The molecule has 1 fully saturated rings. The van der Waals surface area contributed by atoms with E-state index in [0.717, 1.165) is 19.6 Å². The first-order chi connectivity index (χ1) is 10.2. The monoisotopic (exact) mass is 290 g/mol. The van der Waals surface area contributed by atoms with Crippen LogP contribution in [0.2, 0.25) is 0 Å². The minimum atomic E-state index is -0.829. The van der Waals surface area contributed by atoms with Crippen LogP contribution < -0.4 is 4.90 Å². The first kappa shape index (κ1) is 13.9. The molecule has 0 atom stereocenters. The Morgan fingerprint density at radius 3 is 2.14 bits per heavy atom. The molecule has 1 aromatic carbocycles. The number of piperazine rings is 1. The summed E-state index contributed by atoms with van der Waals surface area (Å²) in [6, 6.07) is 10.9. The first-order valence-electron chi connectivity index (χ1n) is 6.92. The normalized spacial score (nSPS) is 16.2. The van der Waals surface area contributed by atoms with Gasteiger partial charge in [-0.1, -0.05) is 30.3 Å². The zero-order valence-electron chi connectivity index (χ0n) is 11.5. The van der Waals surface area contributed by atoms with Gasteiger partial charge in [0.15, 0.2) is 0 Å². The van der Waals surface area contributed by atoms with Gasteiger partial charge in [0.2, 0.25) is 17.8 Å². The Labute approximate surface area is 122 Å². The lowest BCUT2D eigenvalue weighted by Gasteiger charge is -2.34. The molecule has 2 heterocycles. The van der Waals surface area contributed by atoms with Crippen LogP contribution in [-0.4, -0.2) is 41.0 Å². The standard InChI is InChI=1S/C15H16F2N4/c16-13-10-14(17)19-15(18-13)21-8-6-20(7-9-21)11-12-4-2-1-3-5-12/h1-5,10H,6-9,11H2. The molecule has 0 bridgehead atoms. The quantitative estimate of drug-likeness (QED) is 0.810. The molecule has 110 valence electrons. The van der Waals surface area contributed by atoms with Crippen LogP contribution in [0, 0.1) is 11.9 Å². The molecule has 0 spiro atoms. The van der Waals surface area contributed by atoms with Crippen molar-refractivity contribution < 1.29 is 8.78 Å². The van der Waals surface area contributed by atoms with Gasteiger partial charge in [0.25, 0.3) is 0 Å². The smallest absolute Gasteiger partial charge is 0.230 e. The van der Waals surface area contributed by atoms with Gasteiger partial charge in [-0.2, -0.15) is 18.7 Å². The van der Waals surface area contributed by atoms with Crippen LogP contribution in [0.15, 0.2) is 36.4 Å². The third-order valence-corrected chi connectivity index (χ3v) is 3.56. The Balaban J connectivity index is 1.60. The molecule has 4 nitrogen and oxygen atoms in total. The van der Waals surface area contributed by atoms with Crippen LogP contribution in [0.3, 0.4) is 0 Å². The number of hydrogen-bond acceptors (Lipinski definition) is 4. The highest BCUT2D eigenvalue weighted by molar-refractivity contribution is 5.30. The summed E-state index contributed by atoms with van der Waals surface area (Å²) in [5.41, 5.74) is 1.26. The average molecular weight is 290 g/mol. The second-order valence-corrected chi connectivity index (χ2v) is 5.06. The number of rotatable bonds is 3. The molecule has 2 aromatic rings. The van der Waals surface area contributed by atoms with Crippen molar-refractivity contribution >= 4 is 5.95 Å². The van der Waals surface area contributed by atoms with E-state index in [4.69, 9.17) is 0 Å². The van der Waals surface area contributed by atoms with Crippen LogP contribution in [0.25, 0.3) is 0 Å². The molecule has 0 radical (unpaired) electrons. The van der Waals surface area contributed by atoms with Crippen molar-refractivity contribution in [2.24, 2.45) is 0 Å². The molecule has 0 unspecified atom stereocenters. The van der Waals surface area contributed by atoms with Gasteiger partial charge in [-0.25, -0.2) is 0 Å². The first-order valence-corrected chi connectivity index (χ1v) is 6.92. The van der Waals surface area contributed by atoms with E-state index in [0.29, 0.717) is 19.2 Å². The topological polar surface area (TPSA) is 32.3 Å². The van der Waals surface area contributed by atoms with E-state index in [-0.39, 0.29) is 5.95 Å². The van der Waals surface area contributed by atoms with Crippen LogP contribution in [-0.2, 0) is 6.54 Å². The fraction of sp³-hybridized carbons (Fsp3) is 0.333. The zero-order valence-corrected chi connectivity index (χ0v) is 11.5. The lowest BCUT2D eigenvalue weighted by Crippen LogP contribution is -2.46. The minimum absolute atomic E-state index is 0.131. The van der Waals surface area contributed by atoms with Gasteiger partial charge in [-0.05, 0) is 5.56 Å². The van der Waals surface area contributed by atoms with Gasteiger partial charge in [0.1, 0.15) is 0 Å². The Bertz CT molecular complexity index is 578. The highest BCUT2D eigenvalue weighted by atomic mass is 19.1. The molecule has 0 saturated carbocycles. The van der Waals surface area contributed by atoms with Crippen molar-refractivity contribution in [3.63, 3.8) is 0 Å². The van der Waals surface area contributed by atoms with Gasteiger partial charge in [0.05, 0.1) is 0 Å². The summed E-state index contributed by atoms with van der Waals surface area (Å²) in [4.78, 5) is 11.4. The minimum Gasteiger partial charge on any atom is -0.338 e. The van der Waals surface area contributed by atoms with Crippen LogP contribution >= 0.6 is 0 Å². The summed E-state index contributed by atoms with van der Waals surface area (Å²) in [6.45, 7) is 3.84. The maximum Gasteiger partial charge on any atom is 0.230 e. The molecular formula is C15H16F2N4. The van der Waals surface area contributed by atoms with Gasteiger partial charge < -0.3 is 4.90 Å². The van der Waals surface area contributed by atoms with E-state index in [1.807, 2.05) is 23.1 Å². The lowest BCUT2D eigenvalue weighted by molar-refractivity contribution is 0.248. The maximum absolute atomic E-state index is 13.1. The van der Waals surface area contributed by atoms with E-state index in [1.165, 1.54) is 5.56 Å². The molecule has 21 heavy (non-hydrogen) atoms. The summed E-state index contributed by atoms with van der Waals surface area (Å²) in [5, 5.41) is 0. The summed E-state index contributed by atoms with van der Waals surface area (Å²) in [5.74, 6) is -1.53. The number of halogens is 2. The van der Waals surface area contributed by atoms with Gasteiger partial charge in [-0.15, -0.1) is 0 Å². The molecule has 1 aliphatic rings. The third kappa shape index (κ3) is 3.52. The Kier molecular flexibility index (Phi) is 4.06. The molecule has 1 aliphatic heterocycles. The molecular weight excluding hydrogens is 274 g/mol. The van der Waals surface area contributed by atoms with Crippen molar-refractivity contribution in [1.82, 2.24) is 14.9 Å². The fourth-order valence-electron chi connectivity index (χ4n) is 2.47. The molecule has 3 rings (SSSR count). The predicted molar refractivity (Wildman–Crippen MR) is 75.9 cm³/mol. The van der Waals surface area contributed by atoms with Gasteiger partial charge >= 0.3 is 0 Å². The zero-order chi connectivity index (χ0) is 14.7.